The van der Waals surface area contributed by atoms with Crippen molar-refractivity contribution in [1.82, 2.24) is 10.3 Å². The molecule has 5 heteroatoms. The van der Waals surface area contributed by atoms with Crippen LogP contribution in [0.5, 0.6) is 0 Å². The van der Waals surface area contributed by atoms with E-state index in [2.05, 4.69) is 43.2 Å². The maximum absolute atomic E-state index is 12.3. The number of aromatic amines is 1. The fraction of sp³-hybridized carbons (Fsp3) is 0.348. The predicted octanol–water partition coefficient (Wildman–Crippen LogP) is 3.59. The lowest BCUT2D eigenvalue weighted by Gasteiger charge is -2.20. The van der Waals surface area contributed by atoms with Crippen molar-refractivity contribution in [2.75, 3.05) is 0 Å². The van der Waals surface area contributed by atoms with Crippen LogP contribution in [0.4, 0.5) is 0 Å². The lowest BCUT2D eigenvalue weighted by molar-refractivity contribution is -0.119. The van der Waals surface area contributed by atoms with Crippen LogP contribution in [-0.2, 0) is 10.2 Å². The van der Waals surface area contributed by atoms with E-state index in [4.69, 9.17) is 0 Å². The van der Waals surface area contributed by atoms with Gasteiger partial charge in [0.25, 0.3) is 5.56 Å². The Morgan fingerprint density at radius 2 is 1.75 bits per heavy atom. The van der Waals surface area contributed by atoms with Gasteiger partial charge in [0, 0.05) is 23.7 Å². The summed E-state index contributed by atoms with van der Waals surface area (Å²) < 4.78 is 0. The number of H-pyrrole nitrogens is 1. The average molecular weight is 378 g/mol. The van der Waals surface area contributed by atoms with Crippen LogP contribution in [0.1, 0.15) is 67.7 Å². The highest BCUT2D eigenvalue weighted by atomic mass is 16.2. The molecule has 1 atom stereocenters. The van der Waals surface area contributed by atoms with Crippen LogP contribution in [0.25, 0.3) is 5.57 Å². The molecule has 0 aliphatic carbocycles. The van der Waals surface area contributed by atoms with Crippen LogP contribution in [0.3, 0.4) is 0 Å². The van der Waals surface area contributed by atoms with Crippen molar-refractivity contribution >= 4 is 17.3 Å². The maximum Gasteiger partial charge on any atom is 0.259 e. The largest absolute Gasteiger partial charge is 0.350 e. The van der Waals surface area contributed by atoms with Crippen molar-refractivity contribution in [2.24, 2.45) is 0 Å². The minimum absolute atomic E-state index is 0.0316. The van der Waals surface area contributed by atoms with Gasteiger partial charge in [0.15, 0.2) is 5.78 Å². The van der Waals surface area contributed by atoms with Crippen molar-refractivity contribution in [3.8, 4) is 0 Å². The third-order valence-corrected chi connectivity index (χ3v) is 5.04. The summed E-state index contributed by atoms with van der Waals surface area (Å²) in [5, 5.41) is 2.94. The van der Waals surface area contributed by atoms with Crippen LogP contribution in [0.15, 0.2) is 47.3 Å². The second-order valence-electron chi connectivity index (χ2n) is 8.29. The molecule has 1 fully saturated rings. The molecule has 2 aromatic rings. The van der Waals surface area contributed by atoms with E-state index in [9.17, 15) is 14.4 Å². The van der Waals surface area contributed by atoms with Crippen molar-refractivity contribution in [1.29, 1.82) is 0 Å². The minimum Gasteiger partial charge on any atom is -0.350 e. The first-order valence-corrected chi connectivity index (χ1v) is 9.52. The Balaban J connectivity index is 2.07. The molecule has 1 aromatic carbocycles. The predicted molar refractivity (Wildman–Crippen MR) is 110 cm³/mol. The van der Waals surface area contributed by atoms with E-state index in [0.717, 1.165) is 17.6 Å². The monoisotopic (exact) mass is 378 g/mol. The Labute approximate surface area is 164 Å². The molecule has 1 saturated heterocycles. The summed E-state index contributed by atoms with van der Waals surface area (Å²) in [7, 11) is 0. The Kier molecular flexibility index (Phi) is 5.36. The fourth-order valence-electron chi connectivity index (χ4n) is 3.36. The average Bonchev–Trinajstić information content (AvgIpc) is 3.03. The highest BCUT2D eigenvalue weighted by molar-refractivity contribution is 5.94. The van der Waals surface area contributed by atoms with Crippen LogP contribution in [0, 0.1) is 0 Å². The second-order valence-corrected chi connectivity index (χ2v) is 8.29. The van der Waals surface area contributed by atoms with Gasteiger partial charge in [0.05, 0.1) is 5.56 Å². The molecule has 0 radical (unpaired) electrons. The van der Waals surface area contributed by atoms with Crippen LogP contribution < -0.4 is 10.9 Å². The van der Waals surface area contributed by atoms with Gasteiger partial charge < -0.3 is 10.3 Å². The van der Waals surface area contributed by atoms with Gasteiger partial charge in [-0.25, -0.2) is 0 Å². The number of amides is 1. The molecule has 2 heterocycles. The number of nitrogens with one attached hydrogen (secondary N) is 2. The fourth-order valence-corrected chi connectivity index (χ4v) is 3.36. The number of benzene rings is 1. The smallest absolute Gasteiger partial charge is 0.259 e. The molecule has 0 spiro atoms. The summed E-state index contributed by atoms with van der Waals surface area (Å²) in [5.41, 5.74) is 3.39. The number of aromatic nitrogens is 1. The molecule has 1 aliphatic heterocycles. The molecule has 1 aliphatic rings. The van der Waals surface area contributed by atoms with Crippen molar-refractivity contribution in [3.05, 3.63) is 75.2 Å². The molecule has 28 heavy (non-hydrogen) atoms. The molecule has 0 unspecified atom stereocenters. The normalized spacial score (nSPS) is 17.5. The Bertz CT molecular complexity index is 992. The molecule has 3 rings (SSSR count). The molecular weight excluding hydrogens is 352 g/mol. The van der Waals surface area contributed by atoms with Gasteiger partial charge in [-0.3, -0.25) is 14.4 Å². The molecule has 5 nitrogen and oxygen atoms in total. The van der Waals surface area contributed by atoms with Crippen LogP contribution >= 0.6 is 0 Å². The molecule has 146 valence electrons. The van der Waals surface area contributed by atoms with E-state index in [0.29, 0.717) is 12.1 Å². The van der Waals surface area contributed by atoms with E-state index in [1.807, 2.05) is 18.2 Å². The summed E-state index contributed by atoms with van der Waals surface area (Å²) in [6.07, 6.45) is 3.20. The number of ketones is 1. The third kappa shape index (κ3) is 4.30. The first-order valence-electron chi connectivity index (χ1n) is 9.52. The van der Waals surface area contributed by atoms with E-state index in [1.165, 1.54) is 12.5 Å². The summed E-state index contributed by atoms with van der Waals surface area (Å²) in [4.78, 5) is 38.3. The van der Waals surface area contributed by atoms with E-state index in [1.54, 1.807) is 12.1 Å². The number of carbonyl (C=O) groups excluding carboxylic acids is 2. The molecule has 1 amide bonds. The van der Waals surface area contributed by atoms with Crippen LogP contribution in [0.2, 0.25) is 0 Å². The second kappa shape index (κ2) is 7.58. The van der Waals surface area contributed by atoms with Gasteiger partial charge in [0.1, 0.15) is 0 Å². The summed E-state index contributed by atoms with van der Waals surface area (Å²) in [6.45, 7) is 7.85. The maximum atomic E-state index is 12.3. The zero-order valence-electron chi connectivity index (χ0n) is 16.8. The molecule has 0 saturated carbocycles. The highest BCUT2D eigenvalue weighted by Gasteiger charge is 2.21. The zero-order valence-corrected chi connectivity index (χ0v) is 16.8. The Morgan fingerprint density at radius 3 is 2.25 bits per heavy atom. The lowest BCUT2D eigenvalue weighted by Crippen LogP contribution is -2.24. The van der Waals surface area contributed by atoms with Gasteiger partial charge in [-0.15, -0.1) is 0 Å². The van der Waals surface area contributed by atoms with E-state index < -0.39 is 5.56 Å². The molecule has 0 bridgehead atoms. The number of pyridine rings is 1. The molecule has 2 N–H and O–H groups in total. The molecular formula is C23H26N2O3. The van der Waals surface area contributed by atoms with Crippen LogP contribution in [-0.4, -0.2) is 22.7 Å². The summed E-state index contributed by atoms with van der Waals surface area (Å²) in [5.74, 6) is -0.236. The van der Waals surface area contributed by atoms with Gasteiger partial charge in [0.2, 0.25) is 5.91 Å². The van der Waals surface area contributed by atoms with Gasteiger partial charge >= 0.3 is 0 Å². The van der Waals surface area contributed by atoms with Crippen molar-refractivity contribution < 1.29 is 9.59 Å². The van der Waals surface area contributed by atoms with Gasteiger partial charge in [-0.05, 0) is 42.0 Å². The Hall–Kier alpha value is -2.95. The number of hydrogen-bond donors (Lipinski definition) is 2. The lowest BCUT2D eigenvalue weighted by atomic mass is 9.86. The summed E-state index contributed by atoms with van der Waals surface area (Å²) >= 11 is 0. The third-order valence-electron chi connectivity index (χ3n) is 5.04. The van der Waals surface area contributed by atoms with Crippen molar-refractivity contribution in [3.63, 3.8) is 0 Å². The first kappa shape index (κ1) is 19.8. The zero-order chi connectivity index (χ0) is 20.5. The molecule has 1 aromatic heterocycles. The SMILES string of the molecule is CC(=O)c1ccc(C(=C[C@H]2CCC(=O)N2)c2ccc(C(C)(C)C)cc2)[nH]c1=O. The quantitative estimate of drug-likeness (QED) is 0.798. The standard InChI is InChI=1S/C23H26N2O3/c1-14(26)18-10-11-20(25-22(18)28)19(13-17-9-12-21(27)24-17)15-5-7-16(8-6-15)23(2,3)4/h5-8,10-11,13,17H,9,12H2,1-4H3,(H,24,27)(H,25,28)/t17-/m1/s1. The Morgan fingerprint density at radius 1 is 1.07 bits per heavy atom. The number of hydrogen-bond acceptors (Lipinski definition) is 3. The van der Waals surface area contributed by atoms with E-state index in [-0.39, 0.29) is 28.7 Å². The number of carbonyl (C=O) groups is 2. The topological polar surface area (TPSA) is 79.0 Å². The van der Waals surface area contributed by atoms with Gasteiger partial charge in [-0.1, -0.05) is 51.1 Å². The number of rotatable bonds is 4. The van der Waals surface area contributed by atoms with Gasteiger partial charge in [-0.2, -0.15) is 0 Å². The highest BCUT2D eigenvalue weighted by Crippen LogP contribution is 2.28. The van der Waals surface area contributed by atoms with E-state index >= 15 is 0 Å². The summed E-state index contributed by atoms with van der Waals surface area (Å²) in [6, 6.07) is 11.4. The van der Waals surface area contributed by atoms with Crippen molar-refractivity contribution in [2.45, 2.75) is 52.0 Å². The first-order chi connectivity index (χ1) is 13.1. The minimum atomic E-state index is -0.405. The number of Topliss-reactive ketones (excluding diaryl/α,β-unsaturated/α-hetero) is 1.